The maximum Gasteiger partial charge on any atom is 0.417 e. The van der Waals surface area contributed by atoms with Gasteiger partial charge in [0.2, 0.25) is 0 Å². The molecule has 0 atom stereocenters. The minimum absolute atomic E-state index is 0.00108. The summed E-state index contributed by atoms with van der Waals surface area (Å²) in [5.74, 6) is -1.39. The number of rotatable bonds is 7. The van der Waals surface area contributed by atoms with Gasteiger partial charge in [-0.2, -0.15) is 18.2 Å². The first-order valence-electron chi connectivity index (χ1n) is 12.1. The van der Waals surface area contributed by atoms with E-state index in [0.29, 0.717) is 17.0 Å². The fourth-order valence-electron chi connectivity index (χ4n) is 3.74. The van der Waals surface area contributed by atoms with Gasteiger partial charge in [-0.15, -0.1) is 0 Å². The number of amides is 1. The molecule has 4 aromatic rings. The van der Waals surface area contributed by atoms with Crippen molar-refractivity contribution in [2.24, 2.45) is 0 Å². The van der Waals surface area contributed by atoms with Crippen molar-refractivity contribution in [3.8, 4) is 11.5 Å². The Hall–Kier alpha value is -4.51. The summed E-state index contributed by atoms with van der Waals surface area (Å²) in [5.41, 5.74) is -2.03. The summed E-state index contributed by atoms with van der Waals surface area (Å²) < 4.78 is 66.1. The monoisotopic (exact) mass is 588 g/mol. The predicted octanol–water partition coefficient (Wildman–Crippen LogP) is 8.17. The zero-order chi connectivity index (χ0) is 30.5. The second kappa shape index (κ2) is 12.8. The second-order valence-corrected chi connectivity index (χ2v) is 8.63. The van der Waals surface area contributed by atoms with Crippen molar-refractivity contribution >= 4 is 34.7 Å². The number of ether oxygens (including phenoxy) is 1. The van der Waals surface area contributed by atoms with Crippen LogP contribution >= 0.6 is 11.6 Å². The third-order valence-corrected chi connectivity index (χ3v) is 5.98. The standard InChI is InChI=1S/C27H19ClF4N4O3.C2H6/c1-13(38-3)15-7-9-17(21(29)11-15)24(33)18-10-8-16(26-34-14(2)36-39-26)12-22(18)35-25(37)23-19(27(30,31)32)5-4-6-20(23)28;1-2/h4-12,33H,1H2,2-3H3,(H,35,37);1-2H3. The van der Waals surface area contributed by atoms with Gasteiger partial charge in [-0.25, -0.2) is 4.39 Å². The van der Waals surface area contributed by atoms with Gasteiger partial charge in [0, 0.05) is 22.3 Å². The summed E-state index contributed by atoms with van der Waals surface area (Å²) in [6.45, 7) is 9.25. The van der Waals surface area contributed by atoms with Crippen LogP contribution < -0.4 is 5.32 Å². The molecule has 1 aromatic heterocycles. The molecule has 4 rings (SSSR count). The zero-order valence-corrected chi connectivity index (χ0v) is 23.2. The molecule has 41 heavy (non-hydrogen) atoms. The first-order valence-corrected chi connectivity index (χ1v) is 12.5. The molecule has 0 aliphatic carbocycles. The van der Waals surface area contributed by atoms with Crippen LogP contribution in [0.4, 0.5) is 23.2 Å². The molecule has 0 bridgehead atoms. The first kappa shape index (κ1) is 31.0. The molecule has 0 saturated carbocycles. The number of aryl methyl sites for hydroxylation is 1. The number of nitrogens with zero attached hydrogens (tertiary/aromatic N) is 2. The lowest BCUT2D eigenvalue weighted by atomic mass is 9.97. The second-order valence-electron chi connectivity index (χ2n) is 8.22. The van der Waals surface area contributed by atoms with Crippen LogP contribution in [0.25, 0.3) is 17.2 Å². The molecule has 3 aromatic carbocycles. The Balaban J connectivity index is 0.00000226. The van der Waals surface area contributed by atoms with E-state index in [1.54, 1.807) is 6.92 Å². The number of nitrogens with one attached hydrogen (secondary N) is 2. The van der Waals surface area contributed by atoms with E-state index < -0.39 is 34.1 Å². The van der Waals surface area contributed by atoms with Crippen molar-refractivity contribution in [3.63, 3.8) is 0 Å². The third kappa shape index (κ3) is 6.80. The van der Waals surface area contributed by atoms with E-state index in [2.05, 4.69) is 22.0 Å². The molecule has 0 radical (unpaired) electrons. The molecular formula is C29H25ClF4N4O3. The predicted molar refractivity (Wildman–Crippen MR) is 149 cm³/mol. The van der Waals surface area contributed by atoms with Crippen molar-refractivity contribution in [3.05, 3.63) is 106 Å². The van der Waals surface area contributed by atoms with Crippen LogP contribution in [-0.4, -0.2) is 28.9 Å². The molecule has 0 saturated heterocycles. The fraction of sp³-hybridized carbons (Fsp3) is 0.172. The van der Waals surface area contributed by atoms with E-state index in [0.717, 1.165) is 24.3 Å². The van der Waals surface area contributed by atoms with E-state index in [1.165, 1.54) is 37.4 Å². The van der Waals surface area contributed by atoms with Crippen LogP contribution in [0.3, 0.4) is 0 Å². The van der Waals surface area contributed by atoms with Gasteiger partial charge in [0.1, 0.15) is 11.6 Å². The van der Waals surface area contributed by atoms with Crippen LogP contribution in [0.15, 0.2) is 65.7 Å². The number of alkyl halides is 3. The lowest BCUT2D eigenvalue weighted by Gasteiger charge is -2.17. The minimum Gasteiger partial charge on any atom is -0.497 e. The fourth-order valence-corrected chi connectivity index (χ4v) is 4.00. The lowest BCUT2D eigenvalue weighted by Crippen LogP contribution is -2.21. The Morgan fingerprint density at radius 2 is 1.78 bits per heavy atom. The molecule has 2 N–H and O–H groups in total. The summed E-state index contributed by atoms with van der Waals surface area (Å²) in [6.07, 6.45) is -4.87. The van der Waals surface area contributed by atoms with Gasteiger partial charge in [0.15, 0.2) is 5.82 Å². The van der Waals surface area contributed by atoms with Crippen LogP contribution in [0, 0.1) is 18.2 Å². The van der Waals surface area contributed by atoms with E-state index in [4.69, 9.17) is 26.3 Å². The van der Waals surface area contributed by atoms with Crippen LogP contribution in [0.2, 0.25) is 5.02 Å². The van der Waals surface area contributed by atoms with Gasteiger partial charge in [0.05, 0.1) is 34.7 Å². The van der Waals surface area contributed by atoms with Crippen molar-refractivity contribution < 1.29 is 31.6 Å². The quantitative estimate of drug-likeness (QED) is 0.129. The summed E-state index contributed by atoms with van der Waals surface area (Å²) in [7, 11) is 1.38. The van der Waals surface area contributed by atoms with Crippen LogP contribution in [0.5, 0.6) is 0 Å². The molecule has 0 aliphatic heterocycles. The first-order chi connectivity index (χ1) is 19.4. The lowest BCUT2D eigenvalue weighted by molar-refractivity contribution is -0.137. The highest BCUT2D eigenvalue weighted by molar-refractivity contribution is 6.34. The Morgan fingerprint density at radius 1 is 1.10 bits per heavy atom. The van der Waals surface area contributed by atoms with E-state index in [-0.39, 0.29) is 34.2 Å². The summed E-state index contributed by atoms with van der Waals surface area (Å²) in [5, 5.41) is 14.4. The van der Waals surface area contributed by atoms with E-state index in [9.17, 15) is 18.0 Å². The average molecular weight is 589 g/mol. The number of anilines is 1. The van der Waals surface area contributed by atoms with Crippen molar-refractivity contribution in [1.29, 1.82) is 5.41 Å². The highest BCUT2D eigenvalue weighted by Gasteiger charge is 2.36. The minimum atomic E-state index is -4.87. The van der Waals surface area contributed by atoms with Crippen molar-refractivity contribution in [2.45, 2.75) is 26.9 Å². The molecule has 0 spiro atoms. The van der Waals surface area contributed by atoms with Gasteiger partial charge in [0.25, 0.3) is 11.8 Å². The Labute approximate surface area is 238 Å². The van der Waals surface area contributed by atoms with Gasteiger partial charge in [-0.05, 0) is 49.4 Å². The van der Waals surface area contributed by atoms with Gasteiger partial charge >= 0.3 is 6.18 Å². The van der Waals surface area contributed by atoms with Gasteiger partial charge < -0.3 is 14.6 Å². The van der Waals surface area contributed by atoms with Crippen molar-refractivity contribution in [1.82, 2.24) is 10.1 Å². The highest BCUT2D eigenvalue weighted by atomic mass is 35.5. The number of hydrogen-bond acceptors (Lipinski definition) is 6. The molecule has 0 fully saturated rings. The van der Waals surface area contributed by atoms with E-state index in [1.807, 2.05) is 13.8 Å². The molecule has 214 valence electrons. The number of aromatic nitrogens is 2. The number of halogens is 5. The summed E-state index contributed by atoms with van der Waals surface area (Å²) in [6, 6.07) is 11.1. The number of carbonyl (C=O) groups excluding carboxylic acids is 1. The molecule has 7 nitrogen and oxygen atoms in total. The average Bonchev–Trinajstić information content (AvgIpc) is 3.38. The van der Waals surface area contributed by atoms with E-state index >= 15 is 4.39 Å². The molecule has 12 heteroatoms. The highest BCUT2D eigenvalue weighted by Crippen LogP contribution is 2.36. The number of hydrogen-bond donors (Lipinski definition) is 2. The number of carbonyl (C=O) groups is 1. The SMILES string of the molecule is C=C(OC)c1ccc(C(=N)c2ccc(-c3nc(C)no3)cc2NC(=O)c2c(Cl)cccc2C(F)(F)F)c(F)c1.CC. The molecular weight excluding hydrogens is 564 g/mol. The molecule has 0 aliphatic rings. The van der Waals surface area contributed by atoms with Crippen LogP contribution in [0.1, 0.15) is 52.3 Å². The third-order valence-electron chi connectivity index (χ3n) is 5.66. The summed E-state index contributed by atoms with van der Waals surface area (Å²) in [4.78, 5) is 17.3. The maximum absolute atomic E-state index is 15.0. The normalized spacial score (nSPS) is 10.9. The Morgan fingerprint density at radius 3 is 2.37 bits per heavy atom. The summed E-state index contributed by atoms with van der Waals surface area (Å²) >= 11 is 5.99. The molecule has 1 amide bonds. The zero-order valence-electron chi connectivity index (χ0n) is 22.4. The molecule has 0 unspecified atom stereocenters. The Kier molecular flexibility index (Phi) is 9.67. The largest absolute Gasteiger partial charge is 0.497 e. The topological polar surface area (TPSA) is 101 Å². The number of benzene rings is 3. The van der Waals surface area contributed by atoms with Crippen molar-refractivity contribution in [2.75, 3.05) is 12.4 Å². The van der Waals surface area contributed by atoms with Crippen LogP contribution in [-0.2, 0) is 10.9 Å². The molecule has 1 heterocycles. The number of methoxy groups -OCH3 is 1. The smallest absolute Gasteiger partial charge is 0.417 e. The van der Waals surface area contributed by atoms with Gasteiger partial charge in [-0.1, -0.05) is 49.3 Å². The Bertz CT molecular complexity index is 1620. The maximum atomic E-state index is 15.0. The van der Waals surface area contributed by atoms with Gasteiger partial charge in [-0.3, -0.25) is 10.2 Å².